The summed E-state index contributed by atoms with van der Waals surface area (Å²) in [5.74, 6) is -1.63. The van der Waals surface area contributed by atoms with E-state index in [1.165, 1.54) is 0 Å². The molecule has 1 aliphatic heterocycles. The van der Waals surface area contributed by atoms with Gasteiger partial charge in [-0.1, -0.05) is 18.2 Å². The lowest BCUT2D eigenvalue weighted by Gasteiger charge is -2.18. The maximum atomic E-state index is 11.9. The molecule has 3 rings (SSSR count). The minimum Gasteiger partial charge on any atom is -0.481 e. The molecular formula is C15H15N3O3. The predicted octanol–water partition coefficient (Wildman–Crippen LogP) is 1.31. The van der Waals surface area contributed by atoms with Gasteiger partial charge in [0, 0.05) is 31.9 Å². The van der Waals surface area contributed by atoms with E-state index in [-0.39, 0.29) is 18.9 Å². The fourth-order valence-electron chi connectivity index (χ4n) is 2.58. The zero-order valence-corrected chi connectivity index (χ0v) is 11.3. The number of likely N-dealkylation sites (tertiary alicyclic amines) is 1. The maximum absolute atomic E-state index is 11.9. The zero-order valence-electron chi connectivity index (χ0n) is 11.3. The molecule has 1 aromatic heterocycles. The Labute approximate surface area is 121 Å². The van der Waals surface area contributed by atoms with Crippen molar-refractivity contribution in [3.8, 4) is 5.69 Å². The molecule has 6 heteroatoms. The van der Waals surface area contributed by atoms with Crippen LogP contribution in [0.3, 0.4) is 0 Å². The molecule has 2 aromatic rings. The maximum Gasteiger partial charge on any atom is 0.308 e. The molecule has 1 aliphatic rings. The number of carbonyl (C=O) groups is 2. The quantitative estimate of drug-likeness (QED) is 0.919. The van der Waals surface area contributed by atoms with Crippen LogP contribution in [0.25, 0.3) is 5.69 Å². The van der Waals surface area contributed by atoms with Crippen molar-refractivity contribution in [2.75, 3.05) is 6.54 Å². The van der Waals surface area contributed by atoms with Crippen LogP contribution in [0.2, 0.25) is 0 Å². The highest BCUT2D eigenvalue weighted by Gasteiger charge is 2.34. The average molecular weight is 285 g/mol. The third-order valence-electron chi connectivity index (χ3n) is 3.67. The van der Waals surface area contributed by atoms with Gasteiger partial charge in [0.25, 0.3) is 0 Å². The molecule has 0 bridgehead atoms. The second-order valence-corrected chi connectivity index (χ2v) is 5.09. The van der Waals surface area contributed by atoms with Crippen molar-refractivity contribution in [1.82, 2.24) is 14.7 Å². The van der Waals surface area contributed by atoms with Gasteiger partial charge in [-0.3, -0.25) is 9.59 Å². The van der Waals surface area contributed by atoms with Crippen molar-refractivity contribution in [3.63, 3.8) is 0 Å². The van der Waals surface area contributed by atoms with Gasteiger partial charge < -0.3 is 10.0 Å². The first-order chi connectivity index (χ1) is 10.1. The fourth-order valence-corrected chi connectivity index (χ4v) is 2.58. The minimum atomic E-state index is -0.911. The number of para-hydroxylation sites is 1. The number of carboxylic acid groups (broad SMARTS) is 1. The Morgan fingerprint density at radius 2 is 2.14 bits per heavy atom. The number of amides is 1. The number of benzene rings is 1. The van der Waals surface area contributed by atoms with Gasteiger partial charge in [-0.15, -0.1) is 0 Å². The Morgan fingerprint density at radius 1 is 1.33 bits per heavy atom. The van der Waals surface area contributed by atoms with Crippen molar-refractivity contribution in [2.24, 2.45) is 5.92 Å². The first-order valence-electron chi connectivity index (χ1n) is 6.73. The number of hydrogen-bond donors (Lipinski definition) is 1. The molecule has 21 heavy (non-hydrogen) atoms. The molecule has 6 nitrogen and oxygen atoms in total. The number of aromatic nitrogens is 2. The SMILES string of the molecule is O=C(O)C1CC(=O)N(Cc2ccccc2-n2cccn2)C1. The number of aliphatic carboxylic acids is 1. The summed E-state index contributed by atoms with van der Waals surface area (Å²) in [5.41, 5.74) is 1.84. The van der Waals surface area contributed by atoms with E-state index in [0.29, 0.717) is 6.54 Å². The van der Waals surface area contributed by atoms with Crippen LogP contribution in [-0.4, -0.2) is 38.2 Å². The van der Waals surface area contributed by atoms with Crippen molar-refractivity contribution >= 4 is 11.9 Å². The van der Waals surface area contributed by atoms with Crippen LogP contribution >= 0.6 is 0 Å². The second-order valence-electron chi connectivity index (χ2n) is 5.09. The van der Waals surface area contributed by atoms with E-state index in [1.807, 2.05) is 36.5 Å². The number of nitrogens with zero attached hydrogens (tertiary/aromatic N) is 3. The van der Waals surface area contributed by atoms with Gasteiger partial charge in [0.05, 0.1) is 11.6 Å². The van der Waals surface area contributed by atoms with Crippen LogP contribution in [0.5, 0.6) is 0 Å². The van der Waals surface area contributed by atoms with Gasteiger partial charge in [-0.05, 0) is 17.7 Å². The summed E-state index contributed by atoms with van der Waals surface area (Å²) in [6.45, 7) is 0.667. The average Bonchev–Trinajstić information content (AvgIpc) is 3.10. The molecule has 1 saturated heterocycles. The Balaban J connectivity index is 1.83. The normalized spacial score (nSPS) is 18.2. The van der Waals surface area contributed by atoms with Gasteiger partial charge in [0.1, 0.15) is 0 Å². The van der Waals surface area contributed by atoms with Crippen molar-refractivity contribution in [1.29, 1.82) is 0 Å². The molecule has 1 unspecified atom stereocenters. The van der Waals surface area contributed by atoms with Crippen LogP contribution in [0.15, 0.2) is 42.7 Å². The molecule has 0 radical (unpaired) electrons. The van der Waals surface area contributed by atoms with Gasteiger partial charge in [-0.2, -0.15) is 5.10 Å². The van der Waals surface area contributed by atoms with E-state index in [9.17, 15) is 9.59 Å². The smallest absolute Gasteiger partial charge is 0.308 e. The lowest BCUT2D eigenvalue weighted by Crippen LogP contribution is -2.26. The van der Waals surface area contributed by atoms with E-state index in [4.69, 9.17) is 5.11 Å². The van der Waals surface area contributed by atoms with E-state index >= 15 is 0 Å². The molecule has 0 spiro atoms. The molecule has 1 atom stereocenters. The van der Waals surface area contributed by atoms with Crippen molar-refractivity contribution in [2.45, 2.75) is 13.0 Å². The summed E-state index contributed by atoms with van der Waals surface area (Å²) in [4.78, 5) is 24.5. The first-order valence-corrected chi connectivity index (χ1v) is 6.73. The van der Waals surface area contributed by atoms with Crippen molar-refractivity contribution in [3.05, 3.63) is 48.3 Å². The Morgan fingerprint density at radius 3 is 2.81 bits per heavy atom. The van der Waals surface area contributed by atoms with Crippen LogP contribution in [0.4, 0.5) is 0 Å². The highest BCUT2D eigenvalue weighted by Crippen LogP contribution is 2.22. The monoisotopic (exact) mass is 285 g/mol. The van der Waals surface area contributed by atoms with Crippen LogP contribution in [0.1, 0.15) is 12.0 Å². The highest BCUT2D eigenvalue weighted by molar-refractivity contribution is 5.86. The summed E-state index contributed by atoms with van der Waals surface area (Å²) in [6.07, 6.45) is 3.61. The molecule has 1 amide bonds. The number of rotatable bonds is 4. The zero-order chi connectivity index (χ0) is 14.8. The molecule has 0 saturated carbocycles. The Kier molecular flexibility index (Phi) is 3.43. The summed E-state index contributed by atoms with van der Waals surface area (Å²) in [6, 6.07) is 9.50. The lowest BCUT2D eigenvalue weighted by atomic mass is 10.1. The number of carbonyl (C=O) groups excluding carboxylic acids is 1. The minimum absolute atomic E-state index is 0.0826. The standard InChI is InChI=1S/C15H15N3O3/c19-14-8-12(15(20)21)10-17(14)9-11-4-1-2-5-13(11)18-7-3-6-16-18/h1-7,12H,8-10H2,(H,20,21). The molecule has 1 fully saturated rings. The van der Waals surface area contributed by atoms with Crippen molar-refractivity contribution < 1.29 is 14.7 Å². The Hall–Kier alpha value is -2.63. The predicted molar refractivity (Wildman–Crippen MR) is 74.7 cm³/mol. The Bertz CT molecular complexity index is 667. The molecule has 2 heterocycles. The van der Waals surface area contributed by atoms with E-state index in [0.717, 1.165) is 11.3 Å². The summed E-state index contributed by atoms with van der Waals surface area (Å²) in [7, 11) is 0. The summed E-state index contributed by atoms with van der Waals surface area (Å²) >= 11 is 0. The van der Waals surface area contributed by atoms with Crippen LogP contribution in [0, 0.1) is 5.92 Å². The highest BCUT2D eigenvalue weighted by atomic mass is 16.4. The van der Waals surface area contributed by atoms with E-state index in [2.05, 4.69) is 5.10 Å². The number of carboxylic acids is 1. The third-order valence-corrected chi connectivity index (χ3v) is 3.67. The number of hydrogen-bond acceptors (Lipinski definition) is 3. The largest absolute Gasteiger partial charge is 0.481 e. The molecular weight excluding hydrogens is 270 g/mol. The lowest BCUT2D eigenvalue weighted by molar-refractivity contribution is -0.141. The molecule has 108 valence electrons. The topological polar surface area (TPSA) is 75.4 Å². The van der Waals surface area contributed by atoms with E-state index in [1.54, 1.807) is 15.8 Å². The van der Waals surface area contributed by atoms with Crippen LogP contribution in [-0.2, 0) is 16.1 Å². The first kappa shape index (κ1) is 13.4. The molecule has 0 aliphatic carbocycles. The summed E-state index contributed by atoms with van der Waals surface area (Å²) in [5, 5.41) is 13.2. The molecule has 1 N–H and O–H groups in total. The summed E-state index contributed by atoms with van der Waals surface area (Å²) < 4.78 is 1.74. The van der Waals surface area contributed by atoms with Gasteiger partial charge in [0.15, 0.2) is 0 Å². The molecule has 1 aromatic carbocycles. The van der Waals surface area contributed by atoms with Gasteiger partial charge >= 0.3 is 5.97 Å². The van der Waals surface area contributed by atoms with Crippen LogP contribution < -0.4 is 0 Å². The van der Waals surface area contributed by atoms with Gasteiger partial charge in [-0.25, -0.2) is 4.68 Å². The third kappa shape index (κ3) is 2.65. The van der Waals surface area contributed by atoms with Gasteiger partial charge in [0.2, 0.25) is 5.91 Å². The fraction of sp³-hybridized carbons (Fsp3) is 0.267. The van der Waals surface area contributed by atoms with E-state index < -0.39 is 11.9 Å². The second kappa shape index (κ2) is 5.40.